The summed E-state index contributed by atoms with van der Waals surface area (Å²) in [6.07, 6.45) is 9.63. The largest absolute Gasteiger partial charge is 0.494 e. The Morgan fingerprint density at radius 2 is 1.50 bits per heavy atom. The molecule has 24 heavy (non-hydrogen) atoms. The molecule has 0 aliphatic heterocycles. The van der Waals surface area contributed by atoms with Crippen molar-refractivity contribution in [1.29, 1.82) is 0 Å². The molecule has 0 amide bonds. The van der Waals surface area contributed by atoms with E-state index in [1.165, 1.54) is 37.7 Å². The zero-order valence-corrected chi connectivity index (χ0v) is 15.0. The van der Waals surface area contributed by atoms with Gasteiger partial charge in [0.05, 0.1) is 12.3 Å². The lowest BCUT2D eigenvalue weighted by molar-refractivity contribution is 0.304. The second kappa shape index (κ2) is 10.6. The summed E-state index contributed by atoms with van der Waals surface area (Å²) >= 11 is 0. The van der Waals surface area contributed by atoms with E-state index in [1.54, 1.807) is 0 Å². The second-order valence-electron chi connectivity index (χ2n) is 6.28. The molecule has 0 aliphatic rings. The summed E-state index contributed by atoms with van der Waals surface area (Å²) < 4.78 is 5.80. The lowest BCUT2D eigenvalue weighted by Crippen LogP contribution is -1.97. The minimum absolute atomic E-state index is 0.808. The van der Waals surface area contributed by atoms with E-state index in [2.05, 4.69) is 31.0 Å². The van der Waals surface area contributed by atoms with Crippen LogP contribution in [0.15, 0.2) is 53.5 Å². The van der Waals surface area contributed by atoms with E-state index in [9.17, 15) is 0 Å². The van der Waals surface area contributed by atoms with Gasteiger partial charge in [-0.05, 0) is 55.3 Å². The summed E-state index contributed by atoms with van der Waals surface area (Å²) in [4.78, 5) is 4.49. The van der Waals surface area contributed by atoms with Crippen molar-refractivity contribution in [2.45, 2.75) is 52.4 Å². The van der Waals surface area contributed by atoms with Crippen LogP contribution in [-0.2, 0) is 0 Å². The first-order valence-corrected chi connectivity index (χ1v) is 9.11. The molecule has 0 N–H and O–H groups in total. The molecule has 0 heterocycles. The van der Waals surface area contributed by atoms with Crippen LogP contribution in [0.2, 0.25) is 0 Å². The third-order valence-corrected chi connectivity index (χ3v) is 4.04. The van der Waals surface area contributed by atoms with Crippen LogP contribution in [0.3, 0.4) is 0 Å². The quantitative estimate of drug-likeness (QED) is 0.362. The van der Waals surface area contributed by atoms with E-state index in [0.717, 1.165) is 30.0 Å². The number of ether oxygens (including phenoxy) is 1. The lowest BCUT2D eigenvalue weighted by atomic mass is 10.1. The monoisotopic (exact) mass is 323 g/mol. The van der Waals surface area contributed by atoms with E-state index in [-0.39, 0.29) is 0 Å². The van der Waals surface area contributed by atoms with Gasteiger partial charge in [-0.25, -0.2) is 0 Å². The first-order chi connectivity index (χ1) is 11.8. The third kappa shape index (κ3) is 6.99. The van der Waals surface area contributed by atoms with Gasteiger partial charge in [0.25, 0.3) is 0 Å². The number of hydrogen-bond acceptors (Lipinski definition) is 2. The standard InChI is InChI=1S/C22H29NO/c1-3-4-5-6-7-8-17-24-22-15-11-20(12-16-22)18-23-21-13-9-19(2)10-14-21/h9-16,18H,3-8,17H2,1-2H3/b23-18+. The van der Waals surface area contributed by atoms with Gasteiger partial charge >= 0.3 is 0 Å². The van der Waals surface area contributed by atoms with Crippen molar-refractivity contribution in [2.24, 2.45) is 4.99 Å². The fraction of sp³-hybridized carbons (Fsp3) is 0.409. The molecule has 128 valence electrons. The van der Waals surface area contributed by atoms with Crippen molar-refractivity contribution in [3.8, 4) is 5.75 Å². The van der Waals surface area contributed by atoms with Gasteiger partial charge in [-0.15, -0.1) is 0 Å². The van der Waals surface area contributed by atoms with E-state index in [0.29, 0.717) is 0 Å². The summed E-state index contributed by atoms with van der Waals surface area (Å²) in [6.45, 7) is 5.14. The molecule has 0 aliphatic carbocycles. The van der Waals surface area contributed by atoms with Crippen molar-refractivity contribution >= 4 is 11.9 Å². The molecule has 2 aromatic carbocycles. The molecule has 0 aromatic heterocycles. The number of hydrogen-bond donors (Lipinski definition) is 0. The molecule has 0 saturated heterocycles. The van der Waals surface area contributed by atoms with Crippen LogP contribution in [-0.4, -0.2) is 12.8 Å². The van der Waals surface area contributed by atoms with Gasteiger partial charge in [0.15, 0.2) is 0 Å². The predicted molar refractivity (Wildman–Crippen MR) is 104 cm³/mol. The molecule has 2 aromatic rings. The molecule has 0 spiro atoms. The zero-order valence-electron chi connectivity index (χ0n) is 15.0. The van der Waals surface area contributed by atoms with Crippen LogP contribution >= 0.6 is 0 Å². The first-order valence-electron chi connectivity index (χ1n) is 9.11. The van der Waals surface area contributed by atoms with Gasteiger partial charge < -0.3 is 4.74 Å². The number of benzene rings is 2. The number of rotatable bonds is 10. The summed E-state index contributed by atoms with van der Waals surface area (Å²) in [5, 5.41) is 0. The number of unbranched alkanes of at least 4 members (excludes halogenated alkanes) is 5. The Morgan fingerprint density at radius 1 is 0.833 bits per heavy atom. The van der Waals surface area contributed by atoms with Gasteiger partial charge in [0.1, 0.15) is 5.75 Å². The maximum absolute atomic E-state index is 5.80. The van der Waals surface area contributed by atoms with Gasteiger partial charge in [-0.1, -0.05) is 56.7 Å². The topological polar surface area (TPSA) is 21.6 Å². The van der Waals surface area contributed by atoms with Crippen LogP contribution in [0.5, 0.6) is 5.75 Å². The number of nitrogens with zero attached hydrogens (tertiary/aromatic N) is 1. The summed E-state index contributed by atoms with van der Waals surface area (Å²) in [7, 11) is 0. The SMILES string of the molecule is CCCCCCCCOc1ccc(/C=N/c2ccc(C)cc2)cc1. The summed E-state index contributed by atoms with van der Waals surface area (Å²) in [6, 6.07) is 16.4. The van der Waals surface area contributed by atoms with Gasteiger partial charge in [0.2, 0.25) is 0 Å². The predicted octanol–water partition coefficient (Wildman–Crippen LogP) is 6.48. The molecule has 0 bridgehead atoms. The van der Waals surface area contributed by atoms with Crippen molar-refractivity contribution in [2.75, 3.05) is 6.61 Å². The lowest BCUT2D eigenvalue weighted by Gasteiger charge is -2.06. The molecular formula is C22H29NO. The Balaban J connectivity index is 1.71. The second-order valence-corrected chi connectivity index (χ2v) is 6.28. The van der Waals surface area contributed by atoms with Crippen LogP contribution in [0.1, 0.15) is 56.6 Å². The highest BCUT2D eigenvalue weighted by Gasteiger charge is 1.95. The van der Waals surface area contributed by atoms with Gasteiger partial charge in [-0.3, -0.25) is 4.99 Å². The minimum atomic E-state index is 0.808. The van der Waals surface area contributed by atoms with E-state index in [1.807, 2.05) is 42.6 Å². The Morgan fingerprint density at radius 3 is 2.21 bits per heavy atom. The van der Waals surface area contributed by atoms with Gasteiger partial charge in [0, 0.05) is 6.21 Å². The van der Waals surface area contributed by atoms with E-state index < -0.39 is 0 Å². The third-order valence-electron chi connectivity index (χ3n) is 4.04. The smallest absolute Gasteiger partial charge is 0.119 e. The Hall–Kier alpha value is -2.09. The molecule has 2 heteroatoms. The van der Waals surface area contributed by atoms with Crippen molar-refractivity contribution in [3.05, 3.63) is 59.7 Å². The maximum atomic E-state index is 5.80. The minimum Gasteiger partial charge on any atom is -0.494 e. The highest BCUT2D eigenvalue weighted by atomic mass is 16.5. The maximum Gasteiger partial charge on any atom is 0.119 e. The van der Waals surface area contributed by atoms with Crippen molar-refractivity contribution in [3.63, 3.8) is 0 Å². The summed E-state index contributed by atoms with van der Waals surface area (Å²) in [5.74, 6) is 0.941. The number of aliphatic imine (C=N–C) groups is 1. The zero-order chi connectivity index (χ0) is 17.0. The number of aryl methyl sites for hydroxylation is 1. The Bertz CT molecular complexity index is 599. The average molecular weight is 323 g/mol. The summed E-state index contributed by atoms with van der Waals surface area (Å²) in [5.41, 5.74) is 3.31. The average Bonchev–Trinajstić information content (AvgIpc) is 2.61. The van der Waals surface area contributed by atoms with Crippen molar-refractivity contribution in [1.82, 2.24) is 0 Å². The van der Waals surface area contributed by atoms with Crippen LogP contribution < -0.4 is 4.74 Å². The first kappa shape index (κ1) is 18.3. The molecule has 0 fully saturated rings. The molecule has 0 atom stereocenters. The molecule has 2 rings (SSSR count). The normalized spacial score (nSPS) is 11.1. The van der Waals surface area contributed by atoms with Crippen LogP contribution in [0.25, 0.3) is 0 Å². The van der Waals surface area contributed by atoms with E-state index >= 15 is 0 Å². The molecule has 0 saturated carbocycles. The molecule has 2 nitrogen and oxygen atoms in total. The Labute approximate surface area is 146 Å². The molecular weight excluding hydrogens is 294 g/mol. The van der Waals surface area contributed by atoms with E-state index in [4.69, 9.17) is 4.74 Å². The van der Waals surface area contributed by atoms with Gasteiger partial charge in [-0.2, -0.15) is 0 Å². The van der Waals surface area contributed by atoms with Crippen LogP contribution in [0, 0.1) is 6.92 Å². The highest BCUT2D eigenvalue weighted by Crippen LogP contribution is 2.15. The Kier molecular flexibility index (Phi) is 8.09. The van der Waals surface area contributed by atoms with Crippen molar-refractivity contribution < 1.29 is 4.74 Å². The highest BCUT2D eigenvalue weighted by molar-refractivity contribution is 5.82. The fourth-order valence-corrected chi connectivity index (χ4v) is 2.50. The van der Waals surface area contributed by atoms with Crippen LogP contribution in [0.4, 0.5) is 5.69 Å². The molecule has 0 radical (unpaired) electrons. The fourth-order valence-electron chi connectivity index (χ4n) is 2.50. The molecule has 0 unspecified atom stereocenters.